The van der Waals surface area contributed by atoms with Crippen LogP contribution in [0, 0.1) is 0 Å². The molecule has 0 fully saturated rings. The van der Waals surface area contributed by atoms with Crippen molar-refractivity contribution in [1.82, 2.24) is 10.6 Å². The molecule has 0 aliphatic carbocycles. The number of amides is 2. The second-order valence-electron chi connectivity index (χ2n) is 5.69. The number of alkyl carbamates (subject to hydrolysis) is 1. The number of hydrogen-bond acceptors (Lipinski definition) is 4. The average molecular weight is 350 g/mol. The maximum absolute atomic E-state index is 11.7. The highest BCUT2D eigenvalue weighted by atomic mass is 16.5. The molecule has 25 heavy (non-hydrogen) atoms. The minimum absolute atomic E-state index is 0.00931. The van der Waals surface area contributed by atoms with Crippen molar-refractivity contribution >= 4 is 18.0 Å². The van der Waals surface area contributed by atoms with Crippen molar-refractivity contribution in [3.8, 4) is 0 Å². The summed E-state index contributed by atoms with van der Waals surface area (Å²) >= 11 is 0. The van der Waals surface area contributed by atoms with Gasteiger partial charge in [0.1, 0.15) is 12.6 Å². The fourth-order valence-corrected chi connectivity index (χ4v) is 2.13. The first kappa shape index (κ1) is 20.5. The number of hydrogen-bond donors (Lipinski definition) is 3. The monoisotopic (exact) mass is 350 g/mol. The average Bonchev–Trinajstić information content (AvgIpc) is 2.61. The van der Waals surface area contributed by atoms with Crippen LogP contribution in [0.15, 0.2) is 30.3 Å². The van der Waals surface area contributed by atoms with Crippen molar-refractivity contribution in [1.29, 1.82) is 0 Å². The molecule has 0 radical (unpaired) electrons. The Kier molecular flexibility index (Phi) is 9.74. The van der Waals surface area contributed by atoms with Crippen molar-refractivity contribution in [3.63, 3.8) is 0 Å². The molecule has 0 saturated heterocycles. The van der Waals surface area contributed by atoms with Gasteiger partial charge in [0.15, 0.2) is 0 Å². The summed E-state index contributed by atoms with van der Waals surface area (Å²) in [5, 5.41) is 14.2. The topological polar surface area (TPSA) is 105 Å². The summed E-state index contributed by atoms with van der Waals surface area (Å²) < 4.78 is 4.99. The first-order valence-electron chi connectivity index (χ1n) is 8.49. The molecule has 1 aromatic carbocycles. The summed E-state index contributed by atoms with van der Waals surface area (Å²) in [5.41, 5.74) is 0.802. The van der Waals surface area contributed by atoms with Crippen LogP contribution in [0.5, 0.6) is 0 Å². The van der Waals surface area contributed by atoms with E-state index >= 15 is 0 Å². The van der Waals surface area contributed by atoms with Gasteiger partial charge in [0, 0.05) is 13.0 Å². The van der Waals surface area contributed by atoms with Gasteiger partial charge in [-0.3, -0.25) is 4.79 Å². The highest BCUT2D eigenvalue weighted by Crippen LogP contribution is 2.03. The predicted molar refractivity (Wildman–Crippen MR) is 93.0 cm³/mol. The molecule has 1 atom stereocenters. The minimum atomic E-state index is -1.20. The number of aliphatic carboxylic acids is 1. The molecule has 0 heterocycles. The molecule has 3 N–H and O–H groups in total. The number of ether oxygens (including phenoxy) is 1. The molecule has 1 aromatic rings. The summed E-state index contributed by atoms with van der Waals surface area (Å²) in [6, 6.07) is 7.91. The zero-order chi connectivity index (χ0) is 18.5. The van der Waals surface area contributed by atoms with Crippen LogP contribution < -0.4 is 10.6 Å². The van der Waals surface area contributed by atoms with E-state index in [1.807, 2.05) is 18.2 Å². The predicted octanol–water partition coefficient (Wildman–Crippen LogP) is 2.45. The van der Waals surface area contributed by atoms with E-state index in [2.05, 4.69) is 17.6 Å². The highest BCUT2D eigenvalue weighted by Gasteiger charge is 2.21. The fraction of sp³-hybridized carbons (Fsp3) is 0.500. The number of benzene rings is 1. The van der Waals surface area contributed by atoms with Crippen LogP contribution in [0.3, 0.4) is 0 Å². The van der Waals surface area contributed by atoms with E-state index in [0.29, 0.717) is 6.54 Å². The molecule has 0 aromatic heterocycles. The Labute approximate surface area is 147 Å². The van der Waals surface area contributed by atoms with Crippen molar-refractivity contribution < 1.29 is 24.2 Å². The fourth-order valence-electron chi connectivity index (χ4n) is 2.13. The van der Waals surface area contributed by atoms with E-state index in [1.54, 1.807) is 12.1 Å². The Hall–Kier alpha value is -2.57. The number of rotatable bonds is 11. The van der Waals surface area contributed by atoms with Gasteiger partial charge in [-0.05, 0) is 18.4 Å². The molecule has 7 nitrogen and oxygen atoms in total. The first-order chi connectivity index (χ1) is 12.0. The van der Waals surface area contributed by atoms with Crippen LogP contribution in [0.1, 0.15) is 44.6 Å². The normalized spacial score (nSPS) is 11.4. The van der Waals surface area contributed by atoms with E-state index in [0.717, 1.165) is 24.8 Å². The molecule has 0 aliphatic heterocycles. The van der Waals surface area contributed by atoms with Crippen LogP contribution in [-0.2, 0) is 20.9 Å². The van der Waals surface area contributed by atoms with Crippen LogP contribution in [-0.4, -0.2) is 35.7 Å². The molecule has 0 saturated carbocycles. The maximum Gasteiger partial charge on any atom is 0.408 e. The Morgan fingerprint density at radius 3 is 2.52 bits per heavy atom. The van der Waals surface area contributed by atoms with Gasteiger partial charge in [0.2, 0.25) is 5.91 Å². The lowest BCUT2D eigenvalue weighted by atomic mass is 10.1. The van der Waals surface area contributed by atoms with Gasteiger partial charge in [0.25, 0.3) is 0 Å². The standard InChI is InChI=1S/C18H26N2O5/c1-2-3-7-12-19-16(21)11-10-15(17(22)23)20-18(24)25-13-14-8-5-4-6-9-14/h4-6,8-9,15H,2-3,7,10-13H2,1H3,(H,19,21)(H,20,24)(H,22,23). The largest absolute Gasteiger partial charge is 0.480 e. The Balaban J connectivity index is 2.32. The van der Waals surface area contributed by atoms with Crippen molar-refractivity contribution in [3.05, 3.63) is 35.9 Å². The molecular formula is C18H26N2O5. The molecule has 7 heteroatoms. The highest BCUT2D eigenvalue weighted by molar-refractivity contribution is 5.81. The third-order valence-corrected chi connectivity index (χ3v) is 3.57. The lowest BCUT2D eigenvalue weighted by molar-refractivity contribution is -0.139. The third kappa shape index (κ3) is 9.34. The van der Waals surface area contributed by atoms with Crippen LogP contribution in [0.25, 0.3) is 0 Å². The molecule has 0 bridgehead atoms. The number of carboxylic acid groups (broad SMARTS) is 1. The zero-order valence-electron chi connectivity index (χ0n) is 14.5. The van der Waals surface area contributed by atoms with Gasteiger partial charge in [-0.2, -0.15) is 0 Å². The number of carbonyl (C=O) groups excluding carboxylic acids is 2. The van der Waals surface area contributed by atoms with Gasteiger partial charge in [-0.25, -0.2) is 9.59 Å². The van der Waals surface area contributed by atoms with Crippen molar-refractivity contribution in [2.75, 3.05) is 6.54 Å². The third-order valence-electron chi connectivity index (χ3n) is 3.57. The van der Waals surface area contributed by atoms with Crippen LogP contribution in [0.2, 0.25) is 0 Å². The summed E-state index contributed by atoms with van der Waals surface area (Å²) in [6.45, 7) is 2.70. The van der Waals surface area contributed by atoms with Gasteiger partial charge in [0.05, 0.1) is 0 Å². The summed E-state index contributed by atoms with van der Waals surface area (Å²) in [4.78, 5) is 34.6. The maximum atomic E-state index is 11.7. The van der Waals surface area contributed by atoms with E-state index in [1.165, 1.54) is 0 Å². The zero-order valence-corrected chi connectivity index (χ0v) is 14.5. The first-order valence-corrected chi connectivity index (χ1v) is 8.49. The quantitative estimate of drug-likeness (QED) is 0.532. The van der Waals surface area contributed by atoms with Crippen LogP contribution >= 0.6 is 0 Å². The second kappa shape index (κ2) is 11.9. The summed E-state index contributed by atoms with van der Waals surface area (Å²) in [7, 11) is 0. The van der Waals surface area contributed by atoms with Gasteiger partial charge in [-0.15, -0.1) is 0 Å². The Morgan fingerprint density at radius 2 is 1.88 bits per heavy atom. The number of unbranched alkanes of at least 4 members (excludes halogenated alkanes) is 2. The molecule has 138 valence electrons. The second-order valence-corrected chi connectivity index (χ2v) is 5.69. The van der Waals surface area contributed by atoms with Crippen molar-refractivity contribution in [2.45, 2.75) is 51.7 Å². The molecule has 1 rings (SSSR count). The van der Waals surface area contributed by atoms with E-state index in [9.17, 15) is 14.4 Å². The van der Waals surface area contributed by atoms with E-state index < -0.39 is 18.1 Å². The number of carboxylic acids is 1. The number of carbonyl (C=O) groups is 3. The smallest absolute Gasteiger partial charge is 0.408 e. The molecular weight excluding hydrogens is 324 g/mol. The van der Waals surface area contributed by atoms with Gasteiger partial charge in [-0.1, -0.05) is 50.1 Å². The lowest BCUT2D eigenvalue weighted by Crippen LogP contribution is -2.41. The van der Waals surface area contributed by atoms with Gasteiger partial charge < -0.3 is 20.5 Å². The molecule has 2 amide bonds. The SMILES string of the molecule is CCCCCNC(=O)CCC(NC(=O)OCc1ccccc1)C(=O)O. The van der Waals surface area contributed by atoms with Crippen molar-refractivity contribution in [2.24, 2.45) is 0 Å². The molecule has 0 aliphatic rings. The minimum Gasteiger partial charge on any atom is -0.480 e. The summed E-state index contributed by atoms with van der Waals surface area (Å²) in [6.07, 6.45) is 2.21. The van der Waals surface area contributed by atoms with E-state index in [4.69, 9.17) is 9.84 Å². The van der Waals surface area contributed by atoms with Gasteiger partial charge >= 0.3 is 12.1 Å². The molecule has 1 unspecified atom stereocenters. The Bertz CT molecular complexity index is 548. The number of nitrogens with one attached hydrogen (secondary N) is 2. The van der Waals surface area contributed by atoms with Crippen LogP contribution in [0.4, 0.5) is 4.79 Å². The van der Waals surface area contributed by atoms with E-state index in [-0.39, 0.29) is 25.4 Å². The summed E-state index contributed by atoms with van der Waals surface area (Å²) in [5.74, 6) is -1.42. The lowest BCUT2D eigenvalue weighted by Gasteiger charge is -2.14. The molecule has 0 spiro atoms. The Morgan fingerprint density at radius 1 is 1.16 bits per heavy atom.